The second-order valence-corrected chi connectivity index (χ2v) is 11.7. The summed E-state index contributed by atoms with van der Waals surface area (Å²) >= 11 is 0. The second-order valence-electron chi connectivity index (χ2n) is 9.74. The lowest BCUT2D eigenvalue weighted by Crippen LogP contribution is -2.36. The summed E-state index contributed by atoms with van der Waals surface area (Å²) in [6.45, 7) is 1.98. The molecule has 0 bridgehead atoms. The molecule has 6 rings (SSSR count). The SMILES string of the molecule is O=S(=O)(c1cccc(CN(Cc2ncc[nH]2)C2CCCc3cccnc32)c1)N1CCc2cccnc2C1. The number of aryl methyl sites for hydroxylation is 1. The van der Waals surface area contributed by atoms with Gasteiger partial charge in [-0.3, -0.25) is 14.9 Å². The van der Waals surface area contributed by atoms with Gasteiger partial charge in [0.25, 0.3) is 0 Å². The van der Waals surface area contributed by atoms with E-state index in [1.54, 1.807) is 22.8 Å². The zero-order valence-electron chi connectivity index (χ0n) is 20.6. The van der Waals surface area contributed by atoms with Crippen molar-refractivity contribution >= 4 is 10.0 Å². The highest BCUT2D eigenvalue weighted by Crippen LogP contribution is 2.35. The molecule has 0 saturated heterocycles. The molecule has 190 valence electrons. The summed E-state index contributed by atoms with van der Waals surface area (Å²) in [7, 11) is -3.64. The van der Waals surface area contributed by atoms with E-state index in [0.29, 0.717) is 37.5 Å². The Morgan fingerprint density at radius 2 is 1.81 bits per heavy atom. The number of hydrogen-bond acceptors (Lipinski definition) is 6. The molecule has 0 spiro atoms. The van der Waals surface area contributed by atoms with Gasteiger partial charge in [0, 0.05) is 37.9 Å². The van der Waals surface area contributed by atoms with Crippen LogP contribution in [0.3, 0.4) is 0 Å². The van der Waals surface area contributed by atoms with Gasteiger partial charge in [0.15, 0.2) is 0 Å². The van der Waals surface area contributed by atoms with Crippen molar-refractivity contribution in [3.05, 3.63) is 107 Å². The topological polar surface area (TPSA) is 95.1 Å². The highest BCUT2D eigenvalue weighted by molar-refractivity contribution is 7.89. The number of imidazole rings is 1. The van der Waals surface area contributed by atoms with Gasteiger partial charge in [0.1, 0.15) is 5.82 Å². The first-order valence-corrected chi connectivity index (χ1v) is 14.2. The van der Waals surface area contributed by atoms with E-state index in [0.717, 1.165) is 47.6 Å². The van der Waals surface area contributed by atoms with Crippen molar-refractivity contribution in [3.63, 3.8) is 0 Å². The van der Waals surface area contributed by atoms with Crippen molar-refractivity contribution < 1.29 is 8.42 Å². The zero-order chi connectivity index (χ0) is 25.2. The molecular formula is C28H30N6O2S. The van der Waals surface area contributed by atoms with Gasteiger partial charge in [-0.05, 0) is 66.6 Å². The molecule has 4 aromatic rings. The van der Waals surface area contributed by atoms with Crippen molar-refractivity contribution in [2.75, 3.05) is 6.54 Å². The van der Waals surface area contributed by atoms with Gasteiger partial charge < -0.3 is 4.98 Å². The molecule has 37 heavy (non-hydrogen) atoms. The fraction of sp³-hybridized carbons (Fsp3) is 0.321. The Bertz CT molecular complexity index is 1490. The fourth-order valence-corrected chi connectivity index (χ4v) is 6.99. The maximum atomic E-state index is 13.6. The van der Waals surface area contributed by atoms with Crippen LogP contribution in [0.25, 0.3) is 0 Å². The Kier molecular flexibility index (Phi) is 6.58. The molecule has 0 amide bonds. The van der Waals surface area contributed by atoms with Gasteiger partial charge >= 0.3 is 0 Å². The molecule has 1 unspecified atom stereocenters. The number of nitrogens with zero attached hydrogens (tertiary/aromatic N) is 5. The molecule has 2 aliphatic rings. The summed E-state index contributed by atoms with van der Waals surface area (Å²) in [5.74, 6) is 0.881. The summed E-state index contributed by atoms with van der Waals surface area (Å²) in [6.07, 6.45) is 11.0. The van der Waals surface area contributed by atoms with Crippen LogP contribution in [-0.2, 0) is 42.5 Å². The molecule has 3 aromatic heterocycles. The van der Waals surface area contributed by atoms with Crippen molar-refractivity contribution in [2.45, 2.75) is 56.3 Å². The predicted molar refractivity (Wildman–Crippen MR) is 140 cm³/mol. The molecule has 1 atom stereocenters. The number of hydrogen-bond donors (Lipinski definition) is 1. The van der Waals surface area contributed by atoms with Crippen LogP contribution in [-0.4, -0.2) is 44.1 Å². The number of sulfonamides is 1. The highest BCUT2D eigenvalue weighted by atomic mass is 32.2. The Morgan fingerprint density at radius 1 is 0.946 bits per heavy atom. The summed E-state index contributed by atoms with van der Waals surface area (Å²) in [5.41, 5.74) is 5.31. The predicted octanol–water partition coefficient (Wildman–Crippen LogP) is 4.03. The quantitative estimate of drug-likeness (QED) is 0.400. The largest absolute Gasteiger partial charge is 0.348 e. The monoisotopic (exact) mass is 514 g/mol. The Hall–Kier alpha value is -3.40. The van der Waals surface area contributed by atoms with Crippen LogP contribution in [0.2, 0.25) is 0 Å². The van der Waals surface area contributed by atoms with E-state index in [2.05, 4.69) is 25.9 Å². The lowest BCUT2D eigenvalue weighted by atomic mass is 9.90. The normalized spacial score (nSPS) is 17.9. The molecule has 0 fully saturated rings. The third-order valence-corrected chi connectivity index (χ3v) is 9.22. The van der Waals surface area contributed by atoms with E-state index in [9.17, 15) is 8.42 Å². The van der Waals surface area contributed by atoms with Gasteiger partial charge in [0.2, 0.25) is 10.0 Å². The molecule has 4 heterocycles. The molecule has 8 nitrogen and oxygen atoms in total. The number of benzene rings is 1. The number of H-pyrrole nitrogens is 1. The first-order chi connectivity index (χ1) is 18.1. The van der Waals surface area contributed by atoms with E-state index >= 15 is 0 Å². The number of rotatable bonds is 7. The van der Waals surface area contributed by atoms with Crippen LogP contribution >= 0.6 is 0 Å². The molecule has 1 aliphatic heterocycles. The number of pyridine rings is 2. The second kappa shape index (κ2) is 10.2. The van der Waals surface area contributed by atoms with Gasteiger partial charge in [-0.25, -0.2) is 13.4 Å². The van der Waals surface area contributed by atoms with Crippen molar-refractivity contribution in [2.24, 2.45) is 0 Å². The molecule has 1 N–H and O–H groups in total. The summed E-state index contributed by atoms with van der Waals surface area (Å²) in [5, 5.41) is 0. The number of aromatic nitrogens is 4. The fourth-order valence-electron chi connectivity index (χ4n) is 5.52. The molecule has 1 aliphatic carbocycles. The van der Waals surface area contributed by atoms with Gasteiger partial charge in [-0.2, -0.15) is 4.31 Å². The minimum atomic E-state index is -3.64. The number of aromatic amines is 1. The zero-order valence-corrected chi connectivity index (χ0v) is 21.4. The molecule has 0 saturated carbocycles. The van der Waals surface area contributed by atoms with Crippen LogP contribution < -0.4 is 0 Å². The first-order valence-electron chi connectivity index (χ1n) is 12.8. The lowest BCUT2D eigenvalue weighted by Gasteiger charge is -2.34. The van der Waals surface area contributed by atoms with E-state index in [1.165, 1.54) is 5.56 Å². The average molecular weight is 515 g/mol. The maximum absolute atomic E-state index is 13.6. The van der Waals surface area contributed by atoms with Crippen molar-refractivity contribution in [1.29, 1.82) is 0 Å². The minimum Gasteiger partial charge on any atom is -0.348 e. The molecule has 9 heteroatoms. The first kappa shape index (κ1) is 24.0. The Labute approximate surface area is 217 Å². The Balaban J connectivity index is 1.28. The van der Waals surface area contributed by atoms with Gasteiger partial charge in [-0.1, -0.05) is 24.3 Å². The number of nitrogens with one attached hydrogen (secondary N) is 1. The van der Waals surface area contributed by atoms with E-state index in [-0.39, 0.29) is 6.04 Å². The van der Waals surface area contributed by atoms with Crippen LogP contribution in [0, 0.1) is 0 Å². The van der Waals surface area contributed by atoms with Crippen LogP contribution in [0.5, 0.6) is 0 Å². The Morgan fingerprint density at radius 3 is 2.68 bits per heavy atom. The average Bonchev–Trinajstić information content (AvgIpc) is 3.45. The van der Waals surface area contributed by atoms with E-state index in [4.69, 9.17) is 4.98 Å². The highest BCUT2D eigenvalue weighted by Gasteiger charge is 2.31. The minimum absolute atomic E-state index is 0.139. The molecular weight excluding hydrogens is 484 g/mol. The van der Waals surface area contributed by atoms with Crippen molar-refractivity contribution in [1.82, 2.24) is 29.1 Å². The van der Waals surface area contributed by atoms with E-state index < -0.39 is 10.0 Å². The summed E-state index contributed by atoms with van der Waals surface area (Å²) in [6, 6.07) is 15.6. The summed E-state index contributed by atoms with van der Waals surface area (Å²) < 4.78 is 28.8. The standard InChI is InChI=1S/C28H30N6O2S/c35-37(36,34-16-11-22-7-3-12-29-25(22)19-34)24-9-1-5-21(17-24)18-33(20-27-30-14-15-31-27)26-10-2-6-23-8-4-13-32-28(23)26/h1,3-5,7-9,12-15,17,26H,2,6,10-11,16,18-20H2,(H,30,31). The third kappa shape index (κ3) is 4.94. The van der Waals surface area contributed by atoms with Gasteiger partial charge in [0.05, 0.1) is 35.4 Å². The van der Waals surface area contributed by atoms with Crippen molar-refractivity contribution in [3.8, 4) is 0 Å². The van der Waals surface area contributed by atoms with Crippen LogP contribution in [0.4, 0.5) is 0 Å². The van der Waals surface area contributed by atoms with Crippen LogP contribution in [0.15, 0.2) is 78.2 Å². The summed E-state index contributed by atoms with van der Waals surface area (Å²) in [4.78, 5) is 19.5. The number of fused-ring (bicyclic) bond motifs is 2. The lowest BCUT2D eigenvalue weighted by molar-refractivity contribution is 0.153. The van der Waals surface area contributed by atoms with Gasteiger partial charge in [-0.15, -0.1) is 0 Å². The molecule has 0 radical (unpaired) electrons. The third-order valence-electron chi connectivity index (χ3n) is 7.38. The van der Waals surface area contributed by atoms with Crippen LogP contribution in [0.1, 0.15) is 52.8 Å². The smallest absolute Gasteiger partial charge is 0.243 e. The maximum Gasteiger partial charge on any atom is 0.243 e. The van der Waals surface area contributed by atoms with E-state index in [1.807, 2.05) is 48.8 Å². The molecule has 1 aromatic carbocycles.